The molecule has 0 radical (unpaired) electrons. The average Bonchev–Trinajstić information content (AvgIpc) is 2.63. The Morgan fingerprint density at radius 2 is 1.68 bits per heavy atom. The van der Waals surface area contributed by atoms with Gasteiger partial charge in [0.1, 0.15) is 5.82 Å². The molecule has 0 N–H and O–H groups in total. The number of benzene rings is 2. The summed E-state index contributed by atoms with van der Waals surface area (Å²) in [6, 6.07) is 15.5. The molecule has 0 saturated heterocycles. The number of hydrogen-bond donors (Lipinski definition) is 0. The second-order valence-corrected chi connectivity index (χ2v) is 5.21. The molecule has 0 spiro atoms. The van der Waals surface area contributed by atoms with Crippen LogP contribution in [0, 0.1) is 5.82 Å². The molecule has 0 atom stereocenters. The standard InChI is InChI=1S/C17H18FN/c18-17-9-7-14(8-10-17)12-19-11-3-6-15-4-1-2-5-16(15)13-19/h1-2,4-5,7-10H,3,6,11-13H2. The van der Waals surface area contributed by atoms with Crippen molar-refractivity contribution in [3.8, 4) is 0 Å². The van der Waals surface area contributed by atoms with Crippen molar-refractivity contribution in [1.29, 1.82) is 0 Å². The lowest BCUT2D eigenvalue weighted by Crippen LogP contribution is -2.22. The van der Waals surface area contributed by atoms with Gasteiger partial charge in [0, 0.05) is 13.1 Å². The molecule has 19 heavy (non-hydrogen) atoms. The first-order valence-corrected chi connectivity index (χ1v) is 6.85. The molecule has 0 bridgehead atoms. The Morgan fingerprint density at radius 3 is 2.47 bits per heavy atom. The Bertz CT molecular complexity index is 547. The number of hydrogen-bond acceptors (Lipinski definition) is 1. The van der Waals surface area contributed by atoms with Crippen LogP contribution in [0.15, 0.2) is 48.5 Å². The fraction of sp³-hybridized carbons (Fsp3) is 0.294. The Labute approximate surface area is 113 Å². The number of rotatable bonds is 2. The fourth-order valence-corrected chi connectivity index (χ4v) is 2.75. The maximum absolute atomic E-state index is 12.9. The summed E-state index contributed by atoms with van der Waals surface area (Å²) in [5.41, 5.74) is 4.09. The lowest BCUT2D eigenvalue weighted by molar-refractivity contribution is 0.261. The van der Waals surface area contributed by atoms with E-state index in [-0.39, 0.29) is 5.82 Å². The van der Waals surface area contributed by atoms with Crippen molar-refractivity contribution in [3.05, 3.63) is 71.0 Å². The molecular formula is C17H18FN. The average molecular weight is 255 g/mol. The Kier molecular flexibility index (Phi) is 3.60. The molecule has 0 unspecified atom stereocenters. The normalized spacial score (nSPS) is 15.8. The van der Waals surface area contributed by atoms with E-state index in [2.05, 4.69) is 29.2 Å². The maximum atomic E-state index is 12.9. The third kappa shape index (κ3) is 3.02. The highest BCUT2D eigenvalue weighted by Gasteiger charge is 2.13. The van der Waals surface area contributed by atoms with E-state index in [1.165, 1.54) is 23.1 Å². The van der Waals surface area contributed by atoms with Gasteiger partial charge in [-0.1, -0.05) is 36.4 Å². The van der Waals surface area contributed by atoms with Crippen LogP contribution in [-0.4, -0.2) is 11.4 Å². The van der Waals surface area contributed by atoms with E-state index in [1.807, 2.05) is 12.1 Å². The summed E-state index contributed by atoms with van der Waals surface area (Å²) in [5, 5.41) is 0. The molecule has 0 amide bonds. The summed E-state index contributed by atoms with van der Waals surface area (Å²) in [7, 11) is 0. The summed E-state index contributed by atoms with van der Waals surface area (Å²) < 4.78 is 12.9. The first-order valence-electron chi connectivity index (χ1n) is 6.85. The smallest absolute Gasteiger partial charge is 0.123 e. The van der Waals surface area contributed by atoms with E-state index >= 15 is 0 Å². The predicted octanol–water partition coefficient (Wildman–Crippen LogP) is 3.77. The van der Waals surface area contributed by atoms with Gasteiger partial charge in [0.25, 0.3) is 0 Å². The van der Waals surface area contributed by atoms with Crippen LogP contribution < -0.4 is 0 Å². The number of fused-ring (bicyclic) bond motifs is 1. The first kappa shape index (κ1) is 12.4. The molecule has 0 fully saturated rings. The van der Waals surface area contributed by atoms with Gasteiger partial charge in [-0.05, 0) is 48.2 Å². The molecule has 2 aromatic carbocycles. The van der Waals surface area contributed by atoms with Gasteiger partial charge in [-0.25, -0.2) is 4.39 Å². The first-order chi connectivity index (χ1) is 9.31. The number of halogens is 1. The van der Waals surface area contributed by atoms with Crippen LogP contribution >= 0.6 is 0 Å². The second kappa shape index (κ2) is 5.54. The van der Waals surface area contributed by atoms with E-state index < -0.39 is 0 Å². The van der Waals surface area contributed by atoms with E-state index in [1.54, 1.807) is 12.1 Å². The van der Waals surface area contributed by atoms with Crippen molar-refractivity contribution in [2.75, 3.05) is 6.54 Å². The lowest BCUT2D eigenvalue weighted by Gasteiger charge is -2.20. The van der Waals surface area contributed by atoms with Crippen LogP contribution in [-0.2, 0) is 19.5 Å². The van der Waals surface area contributed by atoms with Gasteiger partial charge >= 0.3 is 0 Å². The third-order valence-electron chi connectivity index (χ3n) is 3.75. The molecule has 1 aliphatic heterocycles. The highest BCUT2D eigenvalue weighted by molar-refractivity contribution is 5.28. The van der Waals surface area contributed by atoms with Gasteiger partial charge in [-0.2, -0.15) is 0 Å². The largest absolute Gasteiger partial charge is 0.295 e. The zero-order valence-electron chi connectivity index (χ0n) is 11.0. The van der Waals surface area contributed by atoms with Crippen LogP contribution in [0.1, 0.15) is 23.1 Å². The minimum absolute atomic E-state index is 0.162. The molecule has 2 heteroatoms. The Morgan fingerprint density at radius 1 is 0.947 bits per heavy atom. The lowest BCUT2D eigenvalue weighted by atomic mass is 10.0. The SMILES string of the molecule is Fc1ccc(CN2CCCc3ccccc3C2)cc1. The van der Waals surface area contributed by atoms with E-state index in [9.17, 15) is 4.39 Å². The van der Waals surface area contributed by atoms with Crippen molar-refractivity contribution in [3.63, 3.8) is 0 Å². The fourth-order valence-electron chi connectivity index (χ4n) is 2.75. The zero-order valence-corrected chi connectivity index (χ0v) is 11.0. The topological polar surface area (TPSA) is 3.24 Å². The van der Waals surface area contributed by atoms with Gasteiger partial charge in [0.2, 0.25) is 0 Å². The summed E-state index contributed by atoms with van der Waals surface area (Å²) in [4.78, 5) is 2.44. The Hall–Kier alpha value is -1.67. The summed E-state index contributed by atoms with van der Waals surface area (Å²) in [5.74, 6) is -0.162. The predicted molar refractivity (Wildman–Crippen MR) is 75.3 cm³/mol. The van der Waals surface area contributed by atoms with E-state index in [0.29, 0.717) is 0 Å². The molecule has 1 heterocycles. The minimum atomic E-state index is -0.162. The van der Waals surface area contributed by atoms with E-state index in [4.69, 9.17) is 0 Å². The van der Waals surface area contributed by atoms with Crippen LogP contribution in [0.4, 0.5) is 4.39 Å². The van der Waals surface area contributed by atoms with Gasteiger partial charge in [-0.15, -0.1) is 0 Å². The highest BCUT2D eigenvalue weighted by atomic mass is 19.1. The maximum Gasteiger partial charge on any atom is 0.123 e. The molecule has 98 valence electrons. The molecule has 1 nitrogen and oxygen atoms in total. The summed E-state index contributed by atoms with van der Waals surface area (Å²) >= 11 is 0. The molecule has 2 aromatic rings. The van der Waals surface area contributed by atoms with E-state index in [0.717, 1.165) is 26.1 Å². The zero-order chi connectivity index (χ0) is 13.1. The van der Waals surface area contributed by atoms with Crippen molar-refractivity contribution < 1.29 is 4.39 Å². The molecular weight excluding hydrogens is 237 g/mol. The van der Waals surface area contributed by atoms with Gasteiger partial charge in [-0.3, -0.25) is 4.90 Å². The highest BCUT2D eigenvalue weighted by Crippen LogP contribution is 2.20. The van der Waals surface area contributed by atoms with Crippen LogP contribution in [0.3, 0.4) is 0 Å². The quantitative estimate of drug-likeness (QED) is 0.789. The van der Waals surface area contributed by atoms with Crippen molar-refractivity contribution in [2.24, 2.45) is 0 Å². The monoisotopic (exact) mass is 255 g/mol. The molecule has 3 rings (SSSR count). The third-order valence-corrected chi connectivity index (χ3v) is 3.75. The van der Waals surface area contributed by atoms with Crippen LogP contribution in [0.25, 0.3) is 0 Å². The van der Waals surface area contributed by atoms with Crippen LogP contribution in [0.2, 0.25) is 0 Å². The van der Waals surface area contributed by atoms with Gasteiger partial charge in [0.15, 0.2) is 0 Å². The van der Waals surface area contributed by atoms with Crippen molar-refractivity contribution in [2.45, 2.75) is 25.9 Å². The summed E-state index contributed by atoms with van der Waals surface area (Å²) in [6.45, 7) is 2.99. The minimum Gasteiger partial charge on any atom is -0.295 e. The second-order valence-electron chi connectivity index (χ2n) is 5.21. The summed E-state index contributed by atoms with van der Waals surface area (Å²) in [6.07, 6.45) is 2.36. The molecule has 1 aliphatic rings. The van der Waals surface area contributed by atoms with Crippen LogP contribution in [0.5, 0.6) is 0 Å². The van der Waals surface area contributed by atoms with Gasteiger partial charge < -0.3 is 0 Å². The number of aryl methyl sites for hydroxylation is 1. The van der Waals surface area contributed by atoms with Crippen molar-refractivity contribution >= 4 is 0 Å². The molecule has 0 aliphatic carbocycles. The van der Waals surface area contributed by atoms with Crippen molar-refractivity contribution in [1.82, 2.24) is 4.90 Å². The molecule has 0 aromatic heterocycles. The van der Waals surface area contributed by atoms with Gasteiger partial charge in [0.05, 0.1) is 0 Å². The molecule has 0 saturated carbocycles. The Balaban J connectivity index is 1.74. The number of nitrogens with zero attached hydrogens (tertiary/aromatic N) is 1.